The fraction of sp³-hybridized carbons (Fsp3) is 0.250. The Morgan fingerprint density at radius 3 is 2.67 bits per heavy atom. The Hall–Kier alpha value is -1.94. The minimum Gasteiger partial charge on any atom is -0.493 e. The summed E-state index contributed by atoms with van der Waals surface area (Å²) < 4.78 is 24.4. The first-order valence-corrected chi connectivity index (χ1v) is 7.00. The van der Waals surface area contributed by atoms with Gasteiger partial charge in [-0.05, 0) is 42.8 Å². The molecule has 1 N–H and O–H groups in total. The van der Waals surface area contributed by atoms with E-state index in [9.17, 15) is 4.39 Å². The second-order valence-electron chi connectivity index (χ2n) is 4.40. The van der Waals surface area contributed by atoms with Crippen molar-refractivity contribution in [3.8, 4) is 11.5 Å². The van der Waals surface area contributed by atoms with E-state index in [1.165, 1.54) is 12.1 Å². The highest BCUT2D eigenvalue weighted by Crippen LogP contribution is 2.28. The predicted octanol–water partition coefficient (Wildman–Crippen LogP) is 4.50. The van der Waals surface area contributed by atoms with Gasteiger partial charge in [0.2, 0.25) is 0 Å². The van der Waals surface area contributed by atoms with Crippen molar-refractivity contribution >= 4 is 17.3 Å². The number of nitrogens with one attached hydrogen (secondary N) is 1. The van der Waals surface area contributed by atoms with Crippen molar-refractivity contribution in [3.05, 3.63) is 52.8 Å². The zero-order valence-electron chi connectivity index (χ0n) is 12.0. The molecule has 0 unspecified atom stereocenters. The van der Waals surface area contributed by atoms with Gasteiger partial charge in [0.05, 0.1) is 19.4 Å². The SMILES string of the molecule is CCOc1cc(CNc2cc(Cl)ccc2F)ccc1OC. The summed E-state index contributed by atoms with van der Waals surface area (Å²) in [5.74, 6) is 1.01. The monoisotopic (exact) mass is 309 g/mol. The van der Waals surface area contributed by atoms with Gasteiger partial charge in [0.1, 0.15) is 5.82 Å². The molecule has 0 aliphatic heterocycles. The van der Waals surface area contributed by atoms with Gasteiger partial charge < -0.3 is 14.8 Å². The molecule has 0 aliphatic carbocycles. The fourth-order valence-electron chi connectivity index (χ4n) is 1.93. The van der Waals surface area contributed by atoms with Gasteiger partial charge in [0.15, 0.2) is 11.5 Å². The molecule has 5 heteroatoms. The normalized spacial score (nSPS) is 10.3. The van der Waals surface area contributed by atoms with Gasteiger partial charge in [-0.25, -0.2) is 4.39 Å². The van der Waals surface area contributed by atoms with E-state index >= 15 is 0 Å². The standard InChI is InChI=1S/C16H17ClFNO2/c1-3-21-16-8-11(4-7-15(16)20-2)10-19-14-9-12(17)5-6-13(14)18/h4-9,19H,3,10H2,1-2H3. The van der Waals surface area contributed by atoms with Crippen LogP contribution in [0.25, 0.3) is 0 Å². The number of hydrogen-bond donors (Lipinski definition) is 1. The molecule has 0 aliphatic rings. The Morgan fingerprint density at radius 1 is 1.14 bits per heavy atom. The molecule has 0 aromatic heterocycles. The van der Waals surface area contributed by atoms with E-state index in [2.05, 4.69) is 5.32 Å². The number of halogens is 2. The Morgan fingerprint density at radius 2 is 1.95 bits per heavy atom. The first kappa shape index (κ1) is 15.4. The molecule has 3 nitrogen and oxygen atoms in total. The molecule has 0 heterocycles. The maximum atomic E-state index is 13.6. The minimum absolute atomic E-state index is 0.335. The van der Waals surface area contributed by atoms with Crippen molar-refractivity contribution in [2.75, 3.05) is 19.0 Å². The van der Waals surface area contributed by atoms with E-state index in [0.717, 1.165) is 5.56 Å². The van der Waals surface area contributed by atoms with Crippen LogP contribution in [0.15, 0.2) is 36.4 Å². The summed E-state index contributed by atoms with van der Waals surface area (Å²) in [5, 5.41) is 3.51. The van der Waals surface area contributed by atoms with E-state index in [4.69, 9.17) is 21.1 Å². The lowest BCUT2D eigenvalue weighted by atomic mass is 10.2. The molecule has 2 aromatic carbocycles. The molecule has 0 radical (unpaired) electrons. The first-order valence-electron chi connectivity index (χ1n) is 6.62. The summed E-state index contributed by atoms with van der Waals surface area (Å²) in [4.78, 5) is 0. The Kier molecular flexibility index (Phi) is 5.28. The van der Waals surface area contributed by atoms with Crippen LogP contribution < -0.4 is 14.8 Å². The van der Waals surface area contributed by atoms with E-state index in [0.29, 0.717) is 35.4 Å². The van der Waals surface area contributed by atoms with Gasteiger partial charge in [-0.15, -0.1) is 0 Å². The molecule has 0 atom stereocenters. The highest BCUT2D eigenvalue weighted by Gasteiger charge is 2.07. The van der Waals surface area contributed by atoms with Gasteiger partial charge >= 0.3 is 0 Å². The van der Waals surface area contributed by atoms with Crippen LogP contribution in [0.1, 0.15) is 12.5 Å². The van der Waals surface area contributed by atoms with Crippen LogP contribution >= 0.6 is 11.6 Å². The van der Waals surface area contributed by atoms with Crippen molar-refractivity contribution < 1.29 is 13.9 Å². The second-order valence-corrected chi connectivity index (χ2v) is 4.83. The molecule has 2 rings (SSSR count). The third-order valence-electron chi connectivity index (χ3n) is 2.94. The molecule has 0 saturated carbocycles. The Labute approximate surface area is 128 Å². The third kappa shape index (κ3) is 4.02. The van der Waals surface area contributed by atoms with Gasteiger partial charge in [-0.2, -0.15) is 0 Å². The lowest BCUT2D eigenvalue weighted by Crippen LogP contribution is -2.03. The maximum Gasteiger partial charge on any atom is 0.161 e. The maximum absolute atomic E-state index is 13.6. The van der Waals surface area contributed by atoms with Crippen LogP contribution in [-0.4, -0.2) is 13.7 Å². The lowest BCUT2D eigenvalue weighted by Gasteiger charge is -2.12. The van der Waals surface area contributed by atoms with Crippen molar-refractivity contribution in [2.24, 2.45) is 0 Å². The van der Waals surface area contributed by atoms with E-state index in [1.807, 2.05) is 25.1 Å². The van der Waals surface area contributed by atoms with Crippen molar-refractivity contribution in [1.82, 2.24) is 0 Å². The predicted molar refractivity (Wildman–Crippen MR) is 82.9 cm³/mol. The Balaban J connectivity index is 2.12. The average molecular weight is 310 g/mol. The van der Waals surface area contributed by atoms with Crippen LogP contribution in [0.4, 0.5) is 10.1 Å². The quantitative estimate of drug-likeness (QED) is 0.852. The number of benzene rings is 2. The number of methoxy groups -OCH3 is 1. The lowest BCUT2D eigenvalue weighted by molar-refractivity contribution is 0.310. The summed E-state index contributed by atoms with van der Waals surface area (Å²) in [5.41, 5.74) is 1.33. The topological polar surface area (TPSA) is 30.5 Å². The van der Waals surface area contributed by atoms with E-state index < -0.39 is 0 Å². The molecule has 21 heavy (non-hydrogen) atoms. The highest BCUT2D eigenvalue weighted by molar-refractivity contribution is 6.30. The average Bonchev–Trinajstić information content (AvgIpc) is 2.49. The minimum atomic E-state index is -0.335. The summed E-state index contributed by atoms with van der Waals surface area (Å²) in [6.07, 6.45) is 0. The smallest absolute Gasteiger partial charge is 0.161 e. The van der Waals surface area contributed by atoms with Crippen molar-refractivity contribution in [1.29, 1.82) is 0 Å². The van der Waals surface area contributed by atoms with E-state index in [1.54, 1.807) is 13.2 Å². The highest BCUT2D eigenvalue weighted by atomic mass is 35.5. The van der Waals surface area contributed by atoms with E-state index in [-0.39, 0.29) is 5.82 Å². The van der Waals surface area contributed by atoms with Crippen LogP contribution in [0.2, 0.25) is 5.02 Å². The van der Waals surface area contributed by atoms with Gasteiger partial charge in [-0.1, -0.05) is 17.7 Å². The summed E-state index contributed by atoms with van der Waals surface area (Å²) in [6.45, 7) is 2.92. The van der Waals surface area contributed by atoms with Crippen LogP contribution in [-0.2, 0) is 6.54 Å². The number of rotatable bonds is 6. The summed E-state index contributed by atoms with van der Waals surface area (Å²) in [6, 6.07) is 10.0. The second kappa shape index (κ2) is 7.18. The fourth-order valence-corrected chi connectivity index (χ4v) is 2.10. The van der Waals surface area contributed by atoms with Gasteiger partial charge in [0.25, 0.3) is 0 Å². The number of anilines is 1. The molecule has 0 fully saturated rings. The molecule has 0 bridgehead atoms. The first-order chi connectivity index (χ1) is 10.1. The molecule has 0 saturated heterocycles. The third-order valence-corrected chi connectivity index (χ3v) is 3.17. The summed E-state index contributed by atoms with van der Waals surface area (Å²) in [7, 11) is 1.59. The molecule has 0 amide bonds. The number of ether oxygens (including phenoxy) is 2. The zero-order chi connectivity index (χ0) is 15.2. The van der Waals surface area contributed by atoms with Crippen LogP contribution in [0.5, 0.6) is 11.5 Å². The van der Waals surface area contributed by atoms with Crippen LogP contribution in [0, 0.1) is 5.82 Å². The van der Waals surface area contributed by atoms with Crippen LogP contribution in [0.3, 0.4) is 0 Å². The molecular weight excluding hydrogens is 293 g/mol. The zero-order valence-corrected chi connectivity index (χ0v) is 12.7. The van der Waals surface area contributed by atoms with Gasteiger partial charge in [0, 0.05) is 11.6 Å². The Bertz CT molecular complexity index is 619. The molecular formula is C16H17ClFNO2. The molecule has 2 aromatic rings. The van der Waals surface area contributed by atoms with Gasteiger partial charge in [-0.3, -0.25) is 0 Å². The molecule has 112 valence electrons. The number of hydrogen-bond acceptors (Lipinski definition) is 3. The molecule has 0 spiro atoms. The summed E-state index contributed by atoms with van der Waals surface area (Å²) >= 11 is 5.86. The largest absolute Gasteiger partial charge is 0.493 e. The van der Waals surface area contributed by atoms with Crippen molar-refractivity contribution in [3.63, 3.8) is 0 Å². The van der Waals surface area contributed by atoms with Crippen molar-refractivity contribution in [2.45, 2.75) is 13.5 Å².